The molecule has 1 aliphatic heterocycles. The van der Waals surface area contributed by atoms with E-state index in [2.05, 4.69) is 15.5 Å². The third kappa shape index (κ3) is 4.03. The van der Waals surface area contributed by atoms with Crippen LogP contribution in [0.1, 0.15) is 38.5 Å². The Labute approximate surface area is 124 Å². The Kier molecular flexibility index (Phi) is 4.93. The topological polar surface area (TPSA) is 88.3 Å². The minimum Gasteiger partial charge on any atom is -0.425 e. The number of rotatable bonds is 4. The highest BCUT2D eigenvalue weighted by atomic mass is 16.4. The van der Waals surface area contributed by atoms with Gasteiger partial charge in [-0.1, -0.05) is 13.8 Å². The Bertz CT molecular complexity index is 512. The molecule has 0 aliphatic carbocycles. The van der Waals surface area contributed by atoms with E-state index in [0.717, 1.165) is 6.42 Å². The predicted octanol–water partition coefficient (Wildman–Crippen LogP) is 0.684. The Balaban J connectivity index is 2.11. The first-order chi connectivity index (χ1) is 9.97. The van der Waals surface area contributed by atoms with Gasteiger partial charge in [0.25, 0.3) is 0 Å². The van der Waals surface area contributed by atoms with E-state index in [0.29, 0.717) is 37.2 Å². The van der Waals surface area contributed by atoms with Gasteiger partial charge in [0, 0.05) is 20.0 Å². The molecule has 0 unspecified atom stereocenters. The van der Waals surface area contributed by atoms with E-state index in [4.69, 9.17) is 4.42 Å². The number of carbonyl (C=O) groups is 2. The summed E-state index contributed by atoms with van der Waals surface area (Å²) in [5, 5.41) is 10.4. The van der Waals surface area contributed by atoms with Gasteiger partial charge in [0.15, 0.2) is 0 Å². The summed E-state index contributed by atoms with van der Waals surface area (Å²) in [6, 6.07) is -0.413. The maximum absolute atomic E-state index is 12.5. The molecule has 0 bridgehead atoms. The van der Waals surface area contributed by atoms with Crippen molar-refractivity contribution in [1.82, 2.24) is 20.4 Å². The number of aromatic nitrogens is 2. The molecule has 0 saturated carbocycles. The van der Waals surface area contributed by atoms with Crippen LogP contribution < -0.4 is 5.32 Å². The van der Waals surface area contributed by atoms with Gasteiger partial charge in [-0.05, 0) is 18.8 Å². The van der Waals surface area contributed by atoms with Crippen molar-refractivity contribution in [3.05, 3.63) is 11.8 Å². The van der Waals surface area contributed by atoms with E-state index in [9.17, 15) is 9.59 Å². The molecule has 1 aliphatic rings. The van der Waals surface area contributed by atoms with Gasteiger partial charge < -0.3 is 14.6 Å². The van der Waals surface area contributed by atoms with Crippen LogP contribution in [0.25, 0.3) is 0 Å². The van der Waals surface area contributed by atoms with Crippen molar-refractivity contribution in [1.29, 1.82) is 0 Å². The number of nitrogens with zero attached hydrogens (tertiary/aromatic N) is 3. The van der Waals surface area contributed by atoms with Crippen molar-refractivity contribution in [2.75, 3.05) is 13.1 Å². The summed E-state index contributed by atoms with van der Waals surface area (Å²) < 4.78 is 5.25. The van der Waals surface area contributed by atoms with Gasteiger partial charge in [0.05, 0.1) is 0 Å². The molecule has 1 fully saturated rings. The van der Waals surface area contributed by atoms with Crippen LogP contribution in [-0.2, 0) is 16.0 Å². The SMILES string of the molecule is Cc1nnc(CC(=O)N2CCCNC(=O)[C@@H]2CC(C)C)o1. The molecule has 1 aromatic heterocycles. The fourth-order valence-electron chi connectivity index (χ4n) is 2.50. The molecule has 1 aromatic rings. The first kappa shape index (κ1) is 15.5. The number of amides is 2. The fraction of sp³-hybridized carbons (Fsp3) is 0.714. The van der Waals surface area contributed by atoms with E-state index in [1.807, 2.05) is 13.8 Å². The molecule has 1 atom stereocenters. The fourth-order valence-corrected chi connectivity index (χ4v) is 2.50. The first-order valence-electron chi connectivity index (χ1n) is 7.33. The number of carbonyl (C=O) groups excluding carboxylic acids is 2. The minimum absolute atomic E-state index is 0.0444. The third-order valence-corrected chi connectivity index (χ3v) is 3.44. The van der Waals surface area contributed by atoms with Crippen LogP contribution in [0.3, 0.4) is 0 Å². The van der Waals surface area contributed by atoms with E-state index in [-0.39, 0.29) is 18.2 Å². The van der Waals surface area contributed by atoms with E-state index in [1.165, 1.54) is 0 Å². The smallest absolute Gasteiger partial charge is 0.242 e. The molecular formula is C14H22N4O3. The first-order valence-corrected chi connectivity index (χ1v) is 7.33. The Hall–Kier alpha value is -1.92. The normalized spacial score (nSPS) is 19.5. The quantitative estimate of drug-likeness (QED) is 0.882. The summed E-state index contributed by atoms with van der Waals surface area (Å²) in [5.74, 6) is 0.855. The summed E-state index contributed by atoms with van der Waals surface area (Å²) >= 11 is 0. The second-order valence-corrected chi connectivity index (χ2v) is 5.77. The summed E-state index contributed by atoms with van der Waals surface area (Å²) in [5.41, 5.74) is 0. The van der Waals surface area contributed by atoms with Gasteiger partial charge in [-0.2, -0.15) is 0 Å². The molecule has 21 heavy (non-hydrogen) atoms. The van der Waals surface area contributed by atoms with Gasteiger partial charge in [-0.15, -0.1) is 10.2 Å². The summed E-state index contributed by atoms with van der Waals surface area (Å²) in [7, 11) is 0. The van der Waals surface area contributed by atoms with Crippen molar-refractivity contribution in [3.8, 4) is 0 Å². The van der Waals surface area contributed by atoms with Crippen molar-refractivity contribution >= 4 is 11.8 Å². The van der Waals surface area contributed by atoms with Crippen LogP contribution in [0.15, 0.2) is 4.42 Å². The van der Waals surface area contributed by atoms with Crippen molar-refractivity contribution < 1.29 is 14.0 Å². The maximum Gasteiger partial charge on any atom is 0.242 e. The van der Waals surface area contributed by atoms with Crippen LogP contribution in [0.5, 0.6) is 0 Å². The second kappa shape index (κ2) is 6.69. The number of hydrogen-bond donors (Lipinski definition) is 1. The van der Waals surface area contributed by atoms with Crippen LogP contribution >= 0.6 is 0 Å². The highest BCUT2D eigenvalue weighted by Crippen LogP contribution is 2.16. The number of aryl methyl sites for hydroxylation is 1. The van der Waals surface area contributed by atoms with Crippen LogP contribution in [-0.4, -0.2) is 46.0 Å². The highest BCUT2D eigenvalue weighted by molar-refractivity contribution is 5.88. The van der Waals surface area contributed by atoms with E-state index < -0.39 is 6.04 Å². The molecule has 2 heterocycles. The lowest BCUT2D eigenvalue weighted by Gasteiger charge is -2.29. The maximum atomic E-state index is 12.5. The van der Waals surface area contributed by atoms with E-state index >= 15 is 0 Å². The third-order valence-electron chi connectivity index (χ3n) is 3.44. The molecule has 116 valence electrons. The molecule has 2 amide bonds. The zero-order valence-electron chi connectivity index (χ0n) is 12.8. The molecule has 0 aromatic carbocycles. The summed E-state index contributed by atoms with van der Waals surface area (Å²) in [6.07, 6.45) is 1.46. The summed E-state index contributed by atoms with van der Waals surface area (Å²) in [4.78, 5) is 26.3. The van der Waals surface area contributed by atoms with Crippen molar-refractivity contribution in [3.63, 3.8) is 0 Å². The lowest BCUT2D eigenvalue weighted by atomic mass is 10.0. The highest BCUT2D eigenvalue weighted by Gasteiger charge is 2.32. The molecule has 7 nitrogen and oxygen atoms in total. The van der Waals surface area contributed by atoms with Crippen molar-refractivity contribution in [2.45, 2.75) is 46.1 Å². The monoisotopic (exact) mass is 294 g/mol. The average Bonchev–Trinajstić information content (AvgIpc) is 2.72. The molecule has 2 rings (SSSR count). The Morgan fingerprint density at radius 1 is 1.48 bits per heavy atom. The van der Waals surface area contributed by atoms with Gasteiger partial charge in [0.1, 0.15) is 12.5 Å². The molecule has 1 saturated heterocycles. The molecule has 0 spiro atoms. The van der Waals surface area contributed by atoms with Crippen LogP contribution in [0.2, 0.25) is 0 Å². The molecular weight excluding hydrogens is 272 g/mol. The largest absolute Gasteiger partial charge is 0.425 e. The second-order valence-electron chi connectivity index (χ2n) is 5.77. The van der Waals surface area contributed by atoms with Gasteiger partial charge in [0.2, 0.25) is 23.6 Å². The van der Waals surface area contributed by atoms with Gasteiger partial charge >= 0.3 is 0 Å². The van der Waals surface area contributed by atoms with Crippen LogP contribution in [0, 0.1) is 12.8 Å². The minimum atomic E-state index is -0.413. The molecule has 1 N–H and O–H groups in total. The summed E-state index contributed by atoms with van der Waals surface area (Å²) in [6.45, 7) is 6.95. The van der Waals surface area contributed by atoms with Gasteiger partial charge in [-0.3, -0.25) is 9.59 Å². The number of hydrogen-bond acceptors (Lipinski definition) is 5. The standard InChI is InChI=1S/C14H22N4O3/c1-9(2)7-11-14(20)15-5-4-6-18(11)13(19)8-12-17-16-10(3)21-12/h9,11H,4-8H2,1-3H3,(H,15,20)/t11-/m0/s1. The lowest BCUT2D eigenvalue weighted by Crippen LogP contribution is -2.48. The molecule has 0 radical (unpaired) electrons. The van der Waals surface area contributed by atoms with Crippen LogP contribution in [0.4, 0.5) is 0 Å². The predicted molar refractivity (Wildman–Crippen MR) is 75.3 cm³/mol. The Morgan fingerprint density at radius 2 is 2.24 bits per heavy atom. The van der Waals surface area contributed by atoms with E-state index in [1.54, 1.807) is 11.8 Å². The molecule has 7 heteroatoms. The zero-order valence-corrected chi connectivity index (χ0v) is 12.8. The lowest BCUT2D eigenvalue weighted by molar-refractivity contribution is -0.139. The zero-order chi connectivity index (χ0) is 15.4. The van der Waals surface area contributed by atoms with Gasteiger partial charge in [-0.25, -0.2) is 0 Å². The van der Waals surface area contributed by atoms with Crippen molar-refractivity contribution in [2.24, 2.45) is 5.92 Å². The number of nitrogens with one attached hydrogen (secondary N) is 1. The Morgan fingerprint density at radius 3 is 2.86 bits per heavy atom. The average molecular weight is 294 g/mol.